The molecule has 0 spiro atoms. The Bertz CT molecular complexity index is 436. The highest BCUT2D eigenvalue weighted by atomic mass is 79.9. The van der Waals surface area contributed by atoms with Gasteiger partial charge in [-0.1, -0.05) is 38.5 Å². The van der Waals surface area contributed by atoms with Gasteiger partial charge in [-0.2, -0.15) is 0 Å². The lowest BCUT2D eigenvalue weighted by atomic mass is 9.85. The Morgan fingerprint density at radius 1 is 0.467 bits per heavy atom. The molecule has 6 heterocycles. The quantitative estimate of drug-likeness (QED) is 0.0963. The molecular formula is C26H48Br2N2+2. The van der Waals surface area contributed by atoms with E-state index in [1.54, 1.807) is 0 Å². The number of unbranched alkanes of at least 4 members (excludes halogenated alkanes) is 7. The van der Waals surface area contributed by atoms with Gasteiger partial charge in [-0.05, 0) is 95.1 Å². The number of rotatable bonds is 13. The van der Waals surface area contributed by atoms with Crippen molar-refractivity contribution >= 4 is 31.9 Å². The molecule has 174 valence electrons. The van der Waals surface area contributed by atoms with Crippen molar-refractivity contribution < 1.29 is 8.97 Å². The number of fused-ring (bicyclic) bond motifs is 6. The Hall–Kier alpha value is 0.880. The summed E-state index contributed by atoms with van der Waals surface area (Å²) in [7, 11) is 0. The first-order valence-corrected chi connectivity index (χ1v) is 15.4. The fraction of sp³-hybridized carbons (Fsp3) is 1.00. The van der Waals surface area contributed by atoms with Crippen molar-refractivity contribution in [1.29, 1.82) is 0 Å². The number of nitrogens with zero attached hydrogens (tertiary/aromatic N) is 2. The van der Waals surface area contributed by atoms with Crippen molar-refractivity contribution in [2.75, 3.05) is 39.3 Å². The van der Waals surface area contributed by atoms with Gasteiger partial charge in [0, 0.05) is 12.8 Å². The lowest BCUT2D eigenvalue weighted by Crippen LogP contribution is -2.61. The normalized spacial score (nSPS) is 37.4. The Labute approximate surface area is 204 Å². The number of halogens is 2. The highest BCUT2D eigenvalue weighted by molar-refractivity contribution is 9.09. The Morgan fingerprint density at radius 3 is 1.03 bits per heavy atom. The van der Waals surface area contributed by atoms with Gasteiger partial charge in [-0.3, -0.25) is 0 Å². The van der Waals surface area contributed by atoms with Gasteiger partial charge in [0.05, 0.1) is 39.3 Å². The number of hydrogen-bond acceptors (Lipinski definition) is 0. The van der Waals surface area contributed by atoms with Crippen molar-refractivity contribution in [3.63, 3.8) is 0 Å². The van der Waals surface area contributed by atoms with Gasteiger partial charge in [0.15, 0.2) is 0 Å². The fourth-order valence-electron chi connectivity index (χ4n) is 7.25. The molecule has 4 bridgehead atoms. The first kappa shape index (κ1) is 24.0. The standard InChI is InChI=1S/C26H48Br2N2/c27-25(29-17-11-23(12-18-29)13-19-29)9-7-5-3-1-2-4-6-8-10-26(28)30-20-14-24(15-21-30)16-22-30/h23-26H,1-22H2/q+2. The molecule has 0 aromatic carbocycles. The molecular weight excluding hydrogens is 500 g/mol. The molecule has 2 atom stereocenters. The van der Waals surface area contributed by atoms with Crippen LogP contribution >= 0.6 is 31.9 Å². The molecule has 2 nitrogen and oxygen atoms in total. The molecule has 0 amide bonds. The van der Waals surface area contributed by atoms with E-state index in [0.717, 1.165) is 21.7 Å². The average Bonchev–Trinajstić information content (AvgIpc) is 2.82. The van der Waals surface area contributed by atoms with Gasteiger partial charge in [-0.25, -0.2) is 0 Å². The van der Waals surface area contributed by atoms with Crippen LogP contribution in [0.1, 0.15) is 103 Å². The van der Waals surface area contributed by atoms with Crippen molar-refractivity contribution in [2.24, 2.45) is 11.8 Å². The molecule has 6 saturated heterocycles. The van der Waals surface area contributed by atoms with Gasteiger partial charge in [0.2, 0.25) is 0 Å². The zero-order chi connectivity index (χ0) is 20.9. The van der Waals surface area contributed by atoms with E-state index in [2.05, 4.69) is 31.9 Å². The second-order valence-corrected chi connectivity index (χ2v) is 13.6. The van der Waals surface area contributed by atoms with E-state index in [-0.39, 0.29) is 0 Å². The second-order valence-electron chi connectivity index (χ2n) is 11.5. The van der Waals surface area contributed by atoms with E-state index < -0.39 is 0 Å². The van der Waals surface area contributed by atoms with E-state index in [1.807, 2.05) is 0 Å². The molecule has 2 unspecified atom stereocenters. The van der Waals surface area contributed by atoms with E-state index >= 15 is 0 Å². The van der Waals surface area contributed by atoms with Crippen molar-refractivity contribution in [3.8, 4) is 0 Å². The highest BCUT2D eigenvalue weighted by Crippen LogP contribution is 2.40. The topological polar surface area (TPSA) is 0 Å². The molecule has 6 fully saturated rings. The highest BCUT2D eigenvalue weighted by Gasteiger charge is 2.44. The molecule has 0 aromatic rings. The van der Waals surface area contributed by atoms with Crippen molar-refractivity contribution in [1.82, 2.24) is 0 Å². The Morgan fingerprint density at radius 2 is 0.733 bits per heavy atom. The van der Waals surface area contributed by atoms with Crippen LogP contribution in [0.3, 0.4) is 0 Å². The third-order valence-electron chi connectivity index (χ3n) is 9.72. The third kappa shape index (κ3) is 5.86. The molecule has 6 aliphatic heterocycles. The van der Waals surface area contributed by atoms with Gasteiger partial charge in [0.1, 0.15) is 9.90 Å². The molecule has 6 rings (SSSR count). The molecule has 4 heteroatoms. The van der Waals surface area contributed by atoms with Crippen LogP contribution in [-0.4, -0.2) is 58.1 Å². The first-order valence-electron chi connectivity index (χ1n) is 13.6. The van der Waals surface area contributed by atoms with Crippen molar-refractivity contribution in [3.05, 3.63) is 0 Å². The molecule has 6 aliphatic rings. The van der Waals surface area contributed by atoms with E-state index in [4.69, 9.17) is 0 Å². The maximum atomic E-state index is 4.11. The predicted molar refractivity (Wildman–Crippen MR) is 136 cm³/mol. The summed E-state index contributed by atoms with van der Waals surface area (Å²) in [6, 6.07) is 0. The fourth-order valence-corrected chi connectivity index (χ4v) is 9.13. The Kier molecular flexibility index (Phi) is 9.08. The summed E-state index contributed by atoms with van der Waals surface area (Å²) in [6.07, 6.45) is 23.4. The summed E-state index contributed by atoms with van der Waals surface area (Å²) >= 11 is 8.22. The zero-order valence-electron chi connectivity index (χ0n) is 19.5. The minimum atomic E-state index is 0.744. The summed E-state index contributed by atoms with van der Waals surface area (Å²) in [4.78, 5) is 1.49. The van der Waals surface area contributed by atoms with Crippen LogP contribution in [0.15, 0.2) is 0 Å². The molecule has 0 radical (unpaired) electrons. The molecule has 0 N–H and O–H groups in total. The largest absolute Gasteiger partial charge is 0.312 e. The van der Waals surface area contributed by atoms with Crippen molar-refractivity contribution in [2.45, 2.75) is 113 Å². The van der Waals surface area contributed by atoms with Crippen LogP contribution in [0, 0.1) is 11.8 Å². The van der Waals surface area contributed by atoms with Crippen LogP contribution in [-0.2, 0) is 0 Å². The Balaban J connectivity index is 0.979. The third-order valence-corrected chi connectivity index (χ3v) is 12.4. The second kappa shape index (κ2) is 11.3. The minimum Gasteiger partial charge on any atom is -0.312 e. The summed E-state index contributed by atoms with van der Waals surface area (Å²) in [6.45, 7) is 8.73. The number of quaternary nitrogens is 2. The number of piperidine rings is 6. The van der Waals surface area contributed by atoms with Crippen LogP contribution in [0.4, 0.5) is 0 Å². The van der Waals surface area contributed by atoms with Gasteiger partial charge >= 0.3 is 0 Å². The van der Waals surface area contributed by atoms with E-state index in [1.165, 1.54) is 151 Å². The molecule has 0 saturated carbocycles. The van der Waals surface area contributed by atoms with Gasteiger partial charge < -0.3 is 8.97 Å². The summed E-state index contributed by atoms with van der Waals surface area (Å²) in [5, 5.41) is 0. The minimum absolute atomic E-state index is 0.744. The lowest BCUT2D eigenvalue weighted by Gasteiger charge is -2.51. The molecule has 0 aliphatic carbocycles. The summed E-state index contributed by atoms with van der Waals surface area (Å²) in [5.41, 5.74) is 0. The SMILES string of the molecule is BrC(CCCCCCCCCCC(Br)[N+]12CCC(CC1)CC2)[N+]12CCC(CC1)CC2. The van der Waals surface area contributed by atoms with E-state index in [9.17, 15) is 0 Å². The number of alkyl halides is 2. The van der Waals surface area contributed by atoms with E-state index in [0.29, 0.717) is 0 Å². The lowest BCUT2D eigenvalue weighted by molar-refractivity contribution is -0.950. The average molecular weight is 548 g/mol. The van der Waals surface area contributed by atoms with Crippen LogP contribution < -0.4 is 0 Å². The maximum absolute atomic E-state index is 4.11. The molecule has 0 aromatic heterocycles. The summed E-state index contributed by atoms with van der Waals surface area (Å²) in [5.74, 6) is 2.15. The smallest absolute Gasteiger partial charge is 0.144 e. The predicted octanol–water partition coefficient (Wildman–Crippen LogP) is 7.59. The maximum Gasteiger partial charge on any atom is 0.144 e. The van der Waals surface area contributed by atoms with Gasteiger partial charge in [-0.15, -0.1) is 0 Å². The summed E-state index contributed by atoms with van der Waals surface area (Å²) < 4.78 is 2.82. The monoisotopic (exact) mass is 546 g/mol. The zero-order valence-corrected chi connectivity index (χ0v) is 22.7. The van der Waals surface area contributed by atoms with Crippen LogP contribution in [0.2, 0.25) is 0 Å². The van der Waals surface area contributed by atoms with Crippen LogP contribution in [0.25, 0.3) is 0 Å². The van der Waals surface area contributed by atoms with Crippen LogP contribution in [0.5, 0.6) is 0 Å². The molecule has 30 heavy (non-hydrogen) atoms. The number of hydrogen-bond donors (Lipinski definition) is 0. The first-order chi connectivity index (χ1) is 14.6. The van der Waals surface area contributed by atoms with Gasteiger partial charge in [0.25, 0.3) is 0 Å².